The molecule has 0 saturated heterocycles. The number of H-pyrrole nitrogens is 1. The molecule has 0 bridgehead atoms. The van der Waals surface area contributed by atoms with Crippen molar-refractivity contribution >= 4 is 16.9 Å². The Hall–Kier alpha value is -2.28. The van der Waals surface area contributed by atoms with Crippen molar-refractivity contribution in [2.24, 2.45) is 0 Å². The number of aromatic nitrogens is 2. The fraction of sp³-hybridized carbons (Fsp3) is 0.0909. The summed E-state index contributed by atoms with van der Waals surface area (Å²) < 4.78 is 0. The first kappa shape index (κ1) is 9.28. The van der Waals surface area contributed by atoms with E-state index in [-0.39, 0.29) is 18.3 Å². The molecular weight excluding hydrogens is 190 g/mol. The summed E-state index contributed by atoms with van der Waals surface area (Å²) in [4.78, 5) is 18.5. The molecule has 2 aromatic rings. The lowest BCUT2D eigenvalue weighted by Crippen LogP contribution is -2.24. The van der Waals surface area contributed by atoms with Gasteiger partial charge in [0.1, 0.15) is 0 Å². The zero-order chi connectivity index (χ0) is 10.7. The van der Waals surface area contributed by atoms with Crippen LogP contribution in [0.15, 0.2) is 24.3 Å². The Bertz CT molecular complexity index is 503. The van der Waals surface area contributed by atoms with Crippen LogP contribution in [0.25, 0.3) is 11.0 Å². The molecule has 1 aromatic heterocycles. The normalized spacial score (nSPS) is 9.80. The van der Waals surface area contributed by atoms with Gasteiger partial charge in [0.25, 0.3) is 5.91 Å². The molecule has 15 heavy (non-hydrogen) atoms. The van der Waals surface area contributed by atoms with Gasteiger partial charge < -0.3 is 10.3 Å². The van der Waals surface area contributed by atoms with Crippen LogP contribution in [0.2, 0.25) is 0 Å². The van der Waals surface area contributed by atoms with E-state index >= 15 is 0 Å². The number of rotatable bonds is 2. The molecule has 74 valence electrons. The van der Waals surface area contributed by atoms with Crippen LogP contribution in [0.1, 0.15) is 10.6 Å². The molecule has 0 spiro atoms. The molecule has 4 heteroatoms. The van der Waals surface area contributed by atoms with E-state index in [4.69, 9.17) is 6.42 Å². The number of nitrogens with one attached hydrogen (secondary N) is 2. The Kier molecular flexibility index (Phi) is 2.38. The lowest BCUT2D eigenvalue weighted by molar-refractivity contribution is 0.0949. The van der Waals surface area contributed by atoms with Crippen LogP contribution < -0.4 is 5.32 Å². The van der Waals surface area contributed by atoms with Crippen molar-refractivity contribution in [1.29, 1.82) is 0 Å². The van der Waals surface area contributed by atoms with E-state index in [0.717, 1.165) is 11.0 Å². The van der Waals surface area contributed by atoms with Crippen LogP contribution in [-0.2, 0) is 0 Å². The number of para-hydroxylation sites is 2. The summed E-state index contributed by atoms with van der Waals surface area (Å²) in [6.45, 7) is 0.204. The Morgan fingerprint density at radius 1 is 1.53 bits per heavy atom. The van der Waals surface area contributed by atoms with Gasteiger partial charge >= 0.3 is 0 Å². The van der Waals surface area contributed by atoms with Crippen molar-refractivity contribution in [2.45, 2.75) is 0 Å². The van der Waals surface area contributed by atoms with Crippen molar-refractivity contribution < 1.29 is 4.79 Å². The molecule has 0 fully saturated rings. The molecule has 0 aliphatic carbocycles. The van der Waals surface area contributed by atoms with Gasteiger partial charge in [-0.2, -0.15) is 0 Å². The Morgan fingerprint density at radius 3 is 3.07 bits per heavy atom. The smallest absolute Gasteiger partial charge is 0.287 e. The highest BCUT2D eigenvalue weighted by Gasteiger charge is 2.09. The fourth-order valence-corrected chi connectivity index (χ4v) is 1.28. The Balaban J connectivity index is 2.29. The maximum atomic E-state index is 11.5. The summed E-state index contributed by atoms with van der Waals surface area (Å²) in [5.41, 5.74) is 1.60. The van der Waals surface area contributed by atoms with Gasteiger partial charge in [0, 0.05) is 0 Å². The van der Waals surface area contributed by atoms with E-state index in [9.17, 15) is 4.79 Å². The molecule has 0 aliphatic rings. The van der Waals surface area contributed by atoms with Gasteiger partial charge in [-0.05, 0) is 12.1 Å². The number of terminal acetylenes is 1. The number of hydrogen-bond donors (Lipinski definition) is 2. The van der Waals surface area contributed by atoms with Crippen molar-refractivity contribution in [3.8, 4) is 12.3 Å². The number of amides is 1. The second-order valence-electron chi connectivity index (χ2n) is 2.99. The van der Waals surface area contributed by atoms with E-state index in [2.05, 4.69) is 21.2 Å². The minimum Gasteiger partial charge on any atom is -0.338 e. The molecule has 1 heterocycles. The predicted molar refractivity (Wildman–Crippen MR) is 57.3 cm³/mol. The topological polar surface area (TPSA) is 57.8 Å². The average Bonchev–Trinajstić information content (AvgIpc) is 2.69. The van der Waals surface area contributed by atoms with Crippen LogP contribution in [0.3, 0.4) is 0 Å². The number of carbonyl (C=O) groups excluding carboxylic acids is 1. The second-order valence-corrected chi connectivity index (χ2v) is 2.99. The average molecular weight is 199 g/mol. The minimum absolute atomic E-state index is 0.204. The molecule has 2 N–H and O–H groups in total. The van der Waals surface area contributed by atoms with E-state index in [1.54, 1.807) is 0 Å². The third kappa shape index (κ3) is 1.81. The third-order valence-electron chi connectivity index (χ3n) is 1.96. The first-order chi connectivity index (χ1) is 7.31. The van der Waals surface area contributed by atoms with Crippen LogP contribution in [0.5, 0.6) is 0 Å². The van der Waals surface area contributed by atoms with E-state index < -0.39 is 0 Å². The molecule has 0 radical (unpaired) electrons. The van der Waals surface area contributed by atoms with E-state index in [1.807, 2.05) is 24.3 Å². The monoisotopic (exact) mass is 199 g/mol. The first-order valence-corrected chi connectivity index (χ1v) is 4.47. The zero-order valence-electron chi connectivity index (χ0n) is 7.95. The second kappa shape index (κ2) is 3.84. The minimum atomic E-state index is -0.288. The summed E-state index contributed by atoms with van der Waals surface area (Å²) in [7, 11) is 0. The van der Waals surface area contributed by atoms with Gasteiger partial charge in [0.2, 0.25) is 0 Å². The Labute approximate surface area is 86.7 Å². The van der Waals surface area contributed by atoms with Crippen LogP contribution in [-0.4, -0.2) is 22.4 Å². The number of fused-ring (bicyclic) bond motifs is 1. The van der Waals surface area contributed by atoms with Crippen molar-refractivity contribution in [2.75, 3.05) is 6.54 Å². The molecule has 1 aromatic carbocycles. The molecule has 1 amide bonds. The van der Waals surface area contributed by atoms with E-state index in [0.29, 0.717) is 0 Å². The molecular formula is C11H9N3O. The van der Waals surface area contributed by atoms with Gasteiger partial charge in [0.05, 0.1) is 17.6 Å². The van der Waals surface area contributed by atoms with E-state index in [1.165, 1.54) is 0 Å². The molecule has 0 saturated carbocycles. The summed E-state index contributed by atoms with van der Waals surface area (Å²) in [5, 5.41) is 2.54. The zero-order valence-corrected chi connectivity index (χ0v) is 7.95. The van der Waals surface area contributed by atoms with Gasteiger partial charge in [-0.1, -0.05) is 18.1 Å². The van der Waals surface area contributed by atoms with Gasteiger partial charge in [-0.15, -0.1) is 6.42 Å². The summed E-state index contributed by atoms with van der Waals surface area (Å²) in [6, 6.07) is 7.44. The van der Waals surface area contributed by atoms with Gasteiger partial charge in [0.15, 0.2) is 5.82 Å². The highest BCUT2D eigenvalue weighted by Crippen LogP contribution is 2.09. The largest absolute Gasteiger partial charge is 0.338 e. The highest BCUT2D eigenvalue weighted by molar-refractivity contribution is 5.94. The first-order valence-electron chi connectivity index (χ1n) is 4.47. The number of carbonyl (C=O) groups is 1. The SMILES string of the molecule is C#CCNC(=O)c1nc2ccccc2[nH]1. The maximum absolute atomic E-state index is 11.5. The summed E-state index contributed by atoms with van der Waals surface area (Å²) in [5.74, 6) is 2.32. The number of nitrogens with zero attached hydrogens (tertiary/aromatic N) is 1. The third-order valence-corrected chi connectivity index (χ3v) is 1.96. The highest BCUT2D eigenvalue weighted by atomic mass is 16.2. The van der Waals surface area contributed by atoms with Gasteiger partial charge in [-0.3, -0.25) is 4.79 Å². The fourth-order valence-electron chi connectivity index (χ4n) is 1.28. The lowest BCUT2D eigenvalue weighted by Gasteiger charge is -1.95. The number of imidazole rings is 1. The Morgan fingerprint density at radius 2 is 2.33 bits per heavy atom. The van der Waals surface area contributed by atoms with Gasteiger partial charge in [-0.25, -0.2) is 4.98 Å². The molecule has 4 nitrogen and oxygen atoms in total. The predicted octanol–water partition coefficient (Wildman–Crippen LogP) is 0.926. The summed E-state index contributed by atoms with van der Waals surface area (Å²) >= 11 is 0. The van der Waals surface area contributed by atoms with Crippen LogP contribution in [0, 0.1) is 12.3 Å². The quantitative estimate of drug-likeness (QED) is 0.707. The van der Waals surface area contributed by atoms with Crippen LogP contribution in [0.4, 0.5) is 0 Å². The number of hydrogen-bond acceptors (Lipinski definition) is 2. The molecule has 0 aliphatic heterocycles. The lowest BCUT2D eigenvalue weighted by atomic mass is 10.3. The molecule has 0 unspecified atom stereocenters. The standard InChI is InChI=1S/C11H9N3O/c1-2-7-12-11(15)10-13-8-5-3-4-6-9(8)14-10/h1,3-6H,7H2,(H,12,15)(H,13,14). The maximum Gasteiger partial charge on any atom is 0.287 e. The van der Waals surface area contributed by atoms with Crippen molar-refractivity contribution in [3.05, 3.63) is 30.1 Å². The van der Waals surface area contributed by atoms with Crippen molar-refractivity contribution in [1.82, 2.24) is 15.3 Å². The van der Waals surface area contributed by atoms with Crippen molar-refractivity contribution in [3.63, 3.8) is 0 Å². The number of aromatic amines is 1. The van der Waals surface area contributed by atoms with Crippen LogP contribution >= 0.6 is 0 Å². The molecule has 2 rings (SSSR count). The summed E-state index contributed by atoms with van der Waals surface area (Å²) in [6.07, 6.45) is 5.03. The molecule has 0 atom stereocenters. The number of benzene rings is 1.